The standard InChI is InChI=1S/C29H39N5O6/c1-28(2,3)39-26(37)30-17-24(35)32-22-16-23(34(18-22)27(38)40-29(4,5)6)25(36)33-21-14-12-20(13-15-21)31-19-10-8-7-9-11-19/h7-15,22-23,31H,16-18H2,1-6H3,(H,30,37)(H,32,35)(H,33,36)/t22-,23+/m1/s1. The van der Waals surface area contributed by atoms with Crippen LogP contribution < -0.4 is 21.3 Å². The molecule has 216 valence electrons. The number of hydrogen-bond donors (Lipinski definition) is 4. The lowest BCUT2D eigenvalue weighted by Crippen LogP contribution is -2.46. The van der Waals surface area contributed by atoms with Crippen LogP contribution in [0, 0.1) is 0 Å². The summed E-state index contributed by atoms with van der Waals surface area (Å²) >= 11 is 0. The molecule has 0 bridgehead atoms. The molecule has 3 rings (SSSR count). The van der Waals surface area contributed by atoms with E-state index in [1.165, 1.54) is 4.90 Å². The number of carbonyl (C=O) groups excluding carboxylic acids is 4. The first-order valence-electron chi connectivity index (χ1n) is 13.2. The van der Waals surface area contributed by atoms with Crippen molar-refractivity contribution in [2.75, 3.05) is 23.7 Å². The molecule has 40 heavy (non-hydrogen) atoms. The summed E-state index contributed by atoms with van der Waals surface area (Å²) in [5, 5.41) is 11.3. The van der Waals surface area contributed by atoms with Crippen molar-refractivity contribution in [3.63, 3.8) is 0 Å². The van der Waals surface area contributed by atoms with Crippen molar-refractivity contribution in [3.8, 4) is 0 Å². The van der Waals surface area contributed by atoms with Gasteiger partial charge in [0.1, 0.15) is 23.8 Å². The number of nitrogens with zero attached hydrogens (tertiary/aromatic N) is 1. The number of hydrogen-bond acceptors (Lipinski definition) is 7. The Kier molecular flexibility index (Phi) is 9.62. The van der Waals surface area contributed by atoms with E-state index in [0.717, 1.165) is 11.4 Å². The van der Waals surface area contributed by atoms with Crippen LogP contribution in [0.25, 0.3) is 0 Å². The number of rotatable bonds is 7. The van der Waals surface area contributed by atoms with Crippen molar-refractivity contribution in [1.29, 1.82) is 0 Å². The first kappa shape index (κ1) is 30.3. The van der Waals surface area contributed by atoms with E-state index in [-0.39, 0.29) is 19.5 Å². The van der Waals surface area contributed by atoms with Gasteiger partial charge in [0.25, 0.3) is 0 Å². The third-order valence-corrected chi connectivity index (χ3v) is 5.60. The molecule has 4 amide bonds. The van der Waals surface area contributed by atoms with Gasteiger partial charge < -0.3 is 30.7 Å². The highest BCUT2D eigenvalue weighted by Gasteiger charge is 2.42. The van der Waals surface area contributed by atoms with Gasteiger partial charge in [0.05, 0.1) is 0 Å². The van der Waals surface area contributed by atoms with Crippen LogP contribution in [0.3, 0.4) is 0 Å². The van der Waals surface area contributed by atoms with Gasteiger partial charge in [-0.15, -0.1) is 0 Å². The van der Waals surface area contributed by atoms with Crippen LogP contribution in [0.5, 0.6) is 0 Å². The summed E-state index contributed by atoms with van der Waals surface area (Å²) in [6.07, 6.45) is -1.19. The van der Waals surface area contributed by atoms with Crippen molar-refractivity contribution >= 4 is 41.1 Å². The first-order valence-corrected chi connectivity index (χ1v) is 13.2. The van der Waals surface area contributed by atoms with Crippen molar-refractivity contribution in [2.45, 2.75) is 71.2 Å². The van der Waals surface area contributed by atoms with E-state index in [1.807, 2.05) is 42.5 Å². The number of anilines is 3. The van der Waals surface area contributed by atoms with Crippen molar-refractivity contribution in [3.05, 3.63) is 54.6 Å². The lowest BCUT2D eigenvalue weighted by Gasteiger charge is -2.28. The summed E-state index contributed by atoms with van der Waals surface area (Å²) in [5.41, 5.74) is 0.884. The zero-order chi connectivity index (χ0) is 29.5. The smallest absolute Gasteiger partial charge is 0.411 e. The second-order valence-electron chi connectivity index (χ2n) is 11.6. The fourth-order valence-electron chi connectivity index (χ4n) is 4.01. The fraction of sp³-hybridized carbons (Fsp3) is 0.448. The summed E-state index contributed by atoms with van der Waals surface area (Å²) in [6.45, 7) is 10.1. The average molecular weight is 554 g/mol. The Hall–Kier alpha value is -4.28. The normalized spacial score (nSPS) is 17.0. The summed E-state index contributed by atoms with van der Waals surface area (Å²) < 4.78 is 10.7. The number of carbonyl (C=O) groups is 4. The van der Waals surface area contributed by atoms with E-state index < -0.39 is 47.3 Å². The number of amides is 4. The molecular formula is C29H39N5O6. The number of ether oxygens (including phenoxy) is 2. The second-order valence-corrected chi connectivity index (χ2v) is 11.6. The van der Waals surface area contributed by atoms with Crippen LogP contribution in [0.1, 0.15) is 48.0 Å². The molecule has 0 radical (unpaired) electrons. The van der Waals surface area contributed by atoms with Gasteiger partial charge in [-0.05, 0) is 84.4 Å². The van der Waals surface area contributed by atoms with Crippen LogP contribution in [0.15, 0.2) is 54.6 Å². The van der Waals surface area contributed by atoms with Crippen molar-refractivity contribution < 1.29 is 28.7 Å². The molecule has 0 aliphatic carbocycles. The highest BCUT2D eigenvalue weighted by molar-refractivity contribution is 5.97. The molecule has 1 aliphatic rings. The minimum atomic E-state index is -0.874. The van der Waals surface area contributed by atoms with Crippen LogP contribution >= 0.6 is 0 Å². The number of nitrogens with one attached hydrogen (secondary N) is 4. The van der Waals surface area contributed by atoms with E-state index in [2.05, 4.69) is 21.3 Å². The highest BCUT2D eigenvalue weighted by atomic mass is 16.6. The zero-order valence-corrected chi connectivity index (χ0v) is 23.9. The van der Waals surface area contributed by atoms with E-state index in [1.54, 1.807) is 53.7 Å². The molecule has 2 atom stereocenters. The average Bonchev–Trinajstić information content (AvgIpc) is 3.27. The molecule has 0 aromatic heterocycles. The number of para-hydroxylation sites is 1. The van der Waals surface area contributed by atoms with Crippen molar-refractivity contribution in [1.82, 2.24) is 15.5 Å². The maximum atomic E-state index is 13.3. The molecule has 4 N–H and O–H groups in total. The molecule has 1 saturated heterocycles. The van der Waals surface area contributed by atoms with Crippen LogP contribution in [0.2, 0.25) is 0 Å². The first-order chi connectivity index (χ1) is 18.7. The minimum Gasteiger partial charge on any atom is -0.444 e. The van der Waals surface area contributed by atoms with E-state index >= 15 is 0 Å². The summed E-state index contributed by atoms with van der Waals surface area (Å²) in [5.74, 6) is -0.874. The Balaban J connectivity index is 1.63. The lowest BCUT2D eigenvalue weighted by atomic mass is 10.1. The SMILES string of the molecule is CC(C)(C)OC(=O)NCC(=O)N[C@@H]1C[C@@H](C(=O)Nc2ccc(Nc3ccccc3)cc2)N(C(=O)OC(C)(C)C)C1. The number of benzene rings is 2. The quantitative estimate of drug-likeness (QED) is 0.399. The second kappa shape index (κ2) is 12.7. The molecule has 1 heterocycles. The molecule has 1 aliphatic heterocycles. The molecule has 11 heteroatoms. The number of likely N-dealkylation sites (tertiary alicyclic amines) is 1. The largest absolute Gasteiger partial charge is 0.444 e. The Morgan fingerprint density at radius 1 is 0.825 bits per heavy atom. The van der Waals surface area contributed by atoms with Crippen LogP contribution in [-0.2, 0) is 19.1 Å². The third-order valence-electron chi connectivity index (χ3n) is 5.60. The van der Waals surface area contributed by atoms with Crippen LogP contribution in [0.4, 0.5) is 26.7 Å². The molecule has 2 aromatic rings. The monoisotopic (exact) mass is 553 g/mol. The van der Waals surface area contributed by atoms with E-state index in [4.69, 9.17) is 9.47 Å². The van der Waals surface area contributed by atoms with Gasteiger partial charge in [-0.1, -0.05) is 18.2 Å². The van der Waals surface area contributed by atoms with Gasteiger partial charge in [-0.25, -0.2) is 9.59 Å². The van der Waals surface area contributed by atoms with Gasteiger partial charge in [0.2, 0.25) is 11.8 Å². The molecule has 0 unspecified atom stereocenters. The number of alkyl carbamates (subject to hydrolysis) is 1. The Labute approximate surface area is 235 Å². The molecular weight excluding hydrogens is 514 g/mol. The molecule has 11 nitrogen and oxygen atoms in total. The van der Waals surface area contributed by atoms with E-state index in [9.17, 15) is 19.2 Å². The van der Waals surface area contributed by atoms with E-state index in [0.29, 0.717) is 5.69 Å². The topological polar surface area (TPSA) is 138 Å². The van der Waals surface area contributed by atoms with Crippen molar-refractivity contribution in [2.24, 2.45) is 0 Å². The van der Waals surface area contributed by atoms with Gasteiger partial charge in [-0.2, -0.15) is 0 Å². The molecule has 1 fully saturated rings. The predicted molar refractivity (Wildman–Crippen MR) is 152 cm³/mol. The highest BCUT2D eigenvalue weighted by Crippen LogP contribution is 2.24. The molecule has 0 spiro atoms. The third kappa shape index (κ3) is 9.79. The summed E-state index contributed by atoms with van der Waals surface area (Å²) in [6, 6.07) is 15.5. The zero-order valence-electron chi connectivity index (χ0n) is 23.9. The molecule has 2 aromatic carbocycles. The van der Waals surface area contributed by atoms with Crippen LogP contribution in [-0.4, -0.2) is 65.3 Å². The fourth-order valence-corrected chi connectivity index (χ4v) is 4.01. The van der Waals surface area contributed by atoms with Gasteiger partial charge in [-0.3, -0.25) is 14.5 Å². The summed E-state index contributed by atoms with van der Waals surface area (Å²) in [4.78, 5) is 51.9. The lowest BCUT2D eigenvalue weighted by molar-refractivity contribution is -0.121. The Bertz CT molecular complexity index is 1190. The summed E-state index contributed by atoms with van der Waals surface area (Å²) in [7, 11) is 0. The maximum absolute atomic E-state index is 13.3. The van der Waals surface area contributed by atoms with Gasteiger partial charge >= 0.3 is 12.2 Å². The van der Waals surface area contributed by atoms with Gasteiger partial charge in [0.15, 0.2) is 0 Å². The van der Waals surface area contributed by atoms with Gasteiger partial charge in [0, 0.05) is 29.6 Å². The molecule has 0 saturated carbocycles. The maximum Gasteiger partial charge on any atom is 0.411 e. The Morgan fingerprint density at radius 2 is 1.40 bits per heavy atom. The minimum absolute atomic E-state index is 0.0745. The Morgan fingerprint density at radius 3 is 2.00 bits per heavy atom. The predicted octanol–water partition coefficient (Wildman–Crippen LogP) is 4.39.